The smallest absolute Gasteiger partial charge is 0.253 e. The van der Waals surface area contributed by atoms with Gasteiger partial charge < -0.3 is 10.2 Å². The largest absolute Gasteiger partial charge is 0.358 e. The molecule has 0 spiro atoms. The maximum absolute atomic E-state index is 13.1. The van der Waals surface area contributed by atoms with Crippen molar-refractivity contribution in [2.75, 3.05) is 26.7 Å². The molecule has 0 aliphatic carbocycles. The molecule has 1 N–H and O–H groups in total. The number of rotatable bonds is 4. The molecule has 1 saturated heterocycles. The Morgan fingerprint density at radius 1 is 1.08 bits per heavy atom. The van der Waals surface area contributed by atoms with Gasteiger partial charge in [-0.1, -0.05) is 30.3 Å². The molecule has 1 aliphatic heterocycles. The second kappa shape index (κ2) is 8.10. The van der Waals surface area contributed by atoms with E-state index >= 15 is 0 Å². The van der Waals surface area contributed by atoms with Gasteiger partial charge in [-0.25, -0.2) is 4.39 Å². The Balaban J connectivity index is 1.74. The normalized spacial score (nSPS) is 17.8. The lowest BCUT2D eigenvalue weighted by atomic mass is 10.1. The van der Waals surface area contributed by atoms with Gasteiger partial charge in [0.15, 0.2) is 0 Å². The summed E-state index contributed by atoms with van der Waals surface area (Å²) in [5.74, 6) is -0.673. The van der Waals surface area contributed by atoms with Crippen molar-refractivity contribution in [3.8, 4) is 0 Å². The van der Waals surface area contributed by atoms with E-state index in [2.05, 4.69) is 10.2 Å². The van der Waals surface area contributed by atoms with Gasteiger partial charge in [-0.2, -0.15) is 0 Å². The van der Waals surface area contributed by atoms with Crippen LogP contribution >= 0.6 is 0 Å². The van der Waals surface area contributed by atoms with Gasteiger partial charge in [-0.15, -0.1) is 0 Å². The molecular weight excluding hydrogens is 333 g/mol. The van der Waals surface area contributed by atoms with Gasteiger partial charge in [0.05, 0.1) is 0 Å². The van der Waals surface area contributed by atoms with Crippen LogP contribution in [0.15, 0.2) is 54.6 Å². The van der Waals surface area contributed by atoms with Crippen LogP contribution < -0.4 is 5.32 Å². The van der Waals surface area contributed by atoms with Gasteiger partial charge in [0.25, 0.3) is 5.91 Å². The van der Waals surface area contributed by atoms with Crippen LogP contribution in [0.3, 0.4) is 0 Å². The number of piperazine rings is 1. The summed E-state index contributed by atoms with van der Waals surface area (Å²) in [6, 6.07) is 15.0. The fourth-order valence-corrected chi connectivity index (χ4v) is 3.20. The van der Waals surface area contributed by atoms with Crippen LogP contribution in [0.4, 0.5) is 4.39 Å². The summed E-state index contributed by atoms with van der Waals surface area (Å²) >= 11 is 0. The Morgan fingerprint density at radius 3 is 2.42 bits per heavy atom. The fraction of sp³-hybridized carbons (Fsp3) is 0.300. The van der Waals surface area contributed by atoms with E-state index in [1.54, 1.807) is 11.9 Å². The highest BCUT2D eigenvalue weighted by Crippen LogP contribution is 2.17. The minimum absolute atomic E-state index is 0.113. The zero-order valence-electron chi connectivity index (χ0n) is 14.7. The maximum atomic E-state index is 13.1. The molecule has 0 aromatic heterocycles. The summed E-state index contributed by atoms with van der Waals surface area (Å²) in [6.07, 6.45) is 0. The number of hydrogen-bond acceptors (Lipinski definition) is 3. The van der Waals surface area contributed by atoms with Crippen LogP contribution in [0, 0.1) is 5.82 Å². The van der Waals surface area contributed by atoms with Gasteiger partial charge in [-0.05, 0) is 29.8 Å². The molecule has 6 heteroatoms. The first-order chi connectivity index (χ1) is 12.6. The Kier molecular flexibility index (Phi) is 5.63. The molecule has 2 amide bonds. The average molecular weight is 355 g/mol. The zero-order valence-corrected chi connectivity index (χ0v) is 14.7. The molecule has 1 atom stereocenters. The van der Waals surface area contributed by atoms with Crippen molar-refractivity contribution in [3.05, 3.63) is 71.5 Å². The molecular formula is C20H22FN3O2. The quantitative estimate of drug-likeness (QED) is 0.911. The number of likely N-dealkylation sites (N-methyl/N-ethyl adjacent to an activating group) is 1. The molecule has 1 heterocycles. The molecule has 0 bridgehead atoms. The second-order valence-corrected chi connectivity index (χ2v) is 6.34. The van der Waals surface area contributed by atoms with Crippen LogP contribution in [-0.4, -0.2) is 54.3 Å². The van der Waals surface area contributed by atoms with Crippen molar-refractivity contribution in [2.24, 2.45) is 0 Å². The lowest BCUT2D eigenvalue weighted by molar-refractivity contribution is -0.128. The van der Waals surface area contributed by atoms with E-state index in [1.807, 2.05) is 30.3 Å². The van der Waals surface area contributed by atoms with E-state index in [0.717, 1.165) is 5.56 Å². The zero-order chi connectivity index (χ0) is 18.5. The topological polar surface area (TPSA) is 52.7 Å². The van der Waals surface area contributed by atoms with Crippen molar-refractivity contribution < 1.29 is 14.0 Å². The van der Waals surface area contributed by atoms with E-state index in [9.17, 15) is 14.0 Å². The van der Waals surface area contributed by atoms with Crippen molar-refractivity contribution >= 4 is 11.8 Å². The summed E-state index contributed by atoms with van der Waals surface area (Å²) in [4.78, 5) is 28.8. The minimum Gasteiger partial charge on any atom is -0.358 e. The molecule has 0 unspecified atom stereocenters. The van der Waals surface area contributed by atoms with Crippen molar-refractivity contribution in [1.82, 2.24) is 15.1 Å². The van der Waals surface area contributed by atoms with Gasteiger partial charge in [-0.3, -0.25) is 14.5 Å². The molecule has 5 nitrogen and oxygen atoms in total. The second-order valence-electron chi connectivity index (χ2n) is 6.34. The molecule has 1 aliphatic rings. The molecule has 1 fully saturated rings. The van der Waals surface area contributed by atoms with E-state index in [-0.39, 0.29) is 17.6 Å². The number of carbonyl (C=O) groups is 2. The van der Waals surface area contributed by atoms with Crippen LogP contribution in [0.25, 0.3) is 0 Å². The van der Waals surface area contributed by atoms with E-state index in [4.69, 9.17) is 0 Å². The Bertz CT molecular complexity index is 764. The van der Waals surface area contributed by atoms with Crippen LogP contribution in [0.5, 0.6) is 0 Å². The number of nitrogens with one attached hydrogen (secondary N) is 1. The molecule has 0 saturated carbocycles. The summed E-state index contributed by atoms with van der Waals surface area (Å²) in [5, 5.41) is 2.69. The molecule has 26 heavy (non-hydrogen) atoms. The molecule has 136 valence electrons. The molecule has 2 aromatic carbocycles. The summed E-state index contributed by atoms with van der Waals surface area (Å²) in [6.45, 7) is 2.08. The Hall–Kier alpha value is -2.73. The number of nitrogens with zero attached hydrogens (tertiary/aromatic N) is 2. The summed E-state index contributed by atoms with van der Waals surface area (Å²) in [7, 11) is 1.60. The van der Waals surface area contributed by atoms with Crippen LogP contribution in [0.1, 0.15) is 15.9 Å². The van der Waals surface area contributed by atoms with Gasteiger partial charge in [0.2, 0.25) is 5.91 Å². The first-order valence-electron chi connectivity index (χ1n) is 8.63. The van der Waals surface area contributed by atoms with E-state index in [1.165, 1.54) is 24.3 Å². The SMILES string of the molecule is CNC(=O)[C@@H]1CN(C(=O)c2ccc(F)cc2)CCN1Cc1ccccc1. The first kappa shape index (κ1) is 18.1. The van der Waals surface area contributed by atoms with E-state index in [0.29, 0.717) is 31.7 Å². The third-order valence-electron chi connectivity index (χ3n) is 4.65. The summed E-state index contributed by atoms with van der Waals surface area (Å²) in [5.41, 5.74) is 1.55. The third kappa shape index (κ3) is 4.08. The fourth-order valence-electron chi connectivity index (χ4n) is 3.20. The maximum Gasteiger partial charge on any atom is 0.253 e. The predicted molar refractivity (Wildman–Crippen MR) is 97.0 cm³/mol. The van der Waals surface area contributed by atoms with Gasteiger partial charge in [0.1, 0.15) is 11.9 Å². The molecule has 0 radical (unpaired) electrons. The molecule has 2 aromatic rings. The highest BCUT2D eigenvalue weighted by molar-refractivity contribution is 5.95. The number of carbonyl (C=O) groups excluding carboxylic acids is 2. The first-order valence-corrected chi connectivity index (χ1v) is 8.63. The number of halogens is 1. The minimum atomic E-state index is -0.418. The lowest BCUT2D eigenvalue weighted by Crippen LogP contribution is -2.59. The number of amides is 2. The molecule has 3 rings (SSSR count). The van der Waals surface area contributed by atoms with Crippen molar-refractivity contribution in [3.63, 3.8) is 0 Å². The number of benzene rings is 2. The van der Waals surface area contributed by atoms with E-state index < -0.39 is 6.04 Å². The highest BCUT2D eigenvalue weighted by Gasteiger charge is 2.34. The predicted octanol–water partition coefficient (Wildman–Crippen LogP) is 1.90. The van der Waals surface area contributed by atoms with Crippen molar-refractivity contribution in [1.29, 1.82) is 0 Å². The monoisotopic (exact) mass is 355 g/mol. The third-order valence-corrected chi connectivity index (χ3v) is 4.65. The summed E-state index contributed by atoms with van der Waals surface area (Å²) < 4.78 is 13.1. The van der Waals surface area contributed by atoms with Crippen LogP contribution in [-0.2, 0) is 11.3 Å². The van der Waals surface area contributed by atoms with Gasteiger partial charge >= 0.3 is 0 Å². The lowest BCUT2D eigenvalue weighted by Gasteiger charge is -2.40. The standard InChI is InChI=1S/C20H22FN3O2/c1-22-19(25)18-14-24(20(26)16-7-9-17(21)10-8-16)12-11-23(18)13-15-5-3-2-4-6-15/h2-10,18H,11-14H2,1H3,(H,22,25)/t18-/m0/s1. The van der Waals surface area contributed by atoms with Crippen LogP contribution in [0.2, 0.25) is 0 Å². The van der Waals surface area contributed by atoms with Crippen molar-refractivity contribution in [2.45, 2.75) is 12.6 Å². The average Bonchev–Trinajstić information content (AvgIpc) is 2.68. The Morgan fingerprint density at radius 2 is 1.77 bits per heavy atom. The van der Waals surface area contributed by atoms with Gasteiger partial charge in [0, 0.05) is 38.8 Å². The highest BCUT2D eigenvalue weighted by atomic mass is 19.1. The number of hydrogen-bond donors (Lipinski definition) is 1. The Labute approximate surface area is 152 Å².